The van der Waals surface area contributed by atoms with Crippen LogP contribution in [0.1, 0.15) is 43.5 Å². The van der Waals surface area contributed by atoms with Crippen molar-refractivity contribution >= 4 is 18.3 Å². The molecule has 1 N–H and O–H groups in total. The number of methoxy groups -OCH3 is 2. The summed E-state index contributed by atoms with van der Waals surface area (Å²) in [5, 5.41) is 3.41. The van der Waals surface area contributed by atoms with E-state index in [4.69, 9.17) is 14.2 Å². The second-order valence-electron chi connectivity index (χ2n) is 7.41. The van der Waals surface area contributed by atoms with E-state index in [1.54, 1.807) is 20.3 Å². The number of carbonyl (C=O) groups excluding carboxylic acids is 1. The topological polar surface area (TPSA) is 60.0 Å². The zero-order valence-electron chi connectivity index (χ0n) is 17.5. The zero-order chi connectivity index (χ0) is 19.6. The normalized spacial score (nSPS) is 16.4. The lowest BCUT2D eigenvalue weighted by Gasteiger charge is -2.36. The number of ether oxygens (including phenoxy) is 3. The third-order valence-corrected chi connectivity index (χ3v) is 4.70. The lowest BCUT2D eigenvalue weighted by Crippen LogP contribution is -2.50. The average molecular weight is 415 g/mol. The molecule has 1 aromatic rings. The number of hydrogen-bond donors (Lipinski definition) is 1. The summed E-state index contributed by atoms with van der Waals surface area (Å²) in [5.41, 5.74) is 0.642. The minimum Gasteiger partial charge on any atom is -0.493 e. The summed E-state index contributed by atoms with van der Waals surface area (Å²) in [5.74, 6) is 1.71. The fourth-order valence-corrected chi connectivity index (χ4v) is 3.36. The van der Waals surface area contributed by atoms with Crippen LogP contribution in [0, 0.1) is 5.92 Å². The van der Waals surface area contributed by atoms with E-state index in [-0.39, 0.29) is 24.4 Å². The summed E-state index contributed by atoms with van der Waals surface area (Å²) in [6, 6.07) is 5.68. The first kappa shape index (κ1) is 24.5. The van der Waals surface area contributed by atoms with Gasteiger partial charge in [0.2, 0.25) is 0 Å². The van der Waals surface area contributed by atoms with E-state index in [2.05, 4.69) is 19.2 Å². The highest BCUT2D eigenvalue weighted by Gasteiger charge is 2.27. The Morgan fingerprint density at radius 1 is 1.25 bits per heavy atom. The highest BCUT2D eigenvalue weighted by molar-refractivity contribution is 5.95. The third-order valence-electron chi connectivity index (χ3n) is 4.70. The second kappa shape index (κ2) is 12.9. The minimum absolute atomic E-state index is 0. The Morgan fingerprint density at radius 3 is 2.64 bits per heavy atom. The molecule has 1 atom stereocenters. The number of halogens is 1. The highest BCUT2D eigenvalue weighted by atomic mass is 35.5. The fourth-order valence-electron chi connectivity index (χ4n) is 3.36. The van der Waals surface area contributed by atoms with Crippen molar-refractivity contribution in [2.75, 3.05) is 47.1 Å². The summed E-state index contributed by atoms with van der Waals surface area (Å²) in [6.07, 6.45) is 2.93. The van der Waals surface area contributed by atoms with Crippen molar-refractivity contribution in [3.05, 3.63) is 23.8 Å². The monoisotopic (exact) mass is 414 g/mol. The number of nitrogens with one attached hydrogen (secondary N) is 1. The average Bonchev–Trinajstić information content (AvgIpc) is 2.69. The Hall–Kier alpha value is -1.50. The quantitative estimate of drug-likeness (QED) is 0.595. The van der Waals surface area contributed by atoms with Crippen molar-refractivity contribution in [1.29, 1.82) is 0 Å². The van der Waals surface area contributed by atoms with Gasteiger partial charge >= 0.3 is 0 Å². The van der Waals surface area contributed by atoms with Crippen molar-refractivity contribution in [3.8, 4) is 11.5 Å². The number of piperidine rings is 1. The molecule has 6 nitrogen and oxygen atoms in total. The van der Waals surface area contributed by atoms with Crippen LogP contribution in [0.5, 0.6) is 11.5 Å². The number of amides is 1. The second-order valence-corrected chi connectivity index (χ2v) is 7.41. The van der Waals surface area contributed by atoms with Crippen LogP contribution in [0.15, 0.2) is 18.2 Å². The van der Waals surface area contributed by atoms with Gasteiger partial charge in [0, 0.05) is 44.8 Å². The van der Waals surface area contributed by atoms with Crippen molar-refractivity contribution in [3.63, 3.8) is 0 Å². The van der Waals surface area contributed by atoms with Crippen molar-refractivity contribution in [2.24, 2.45) is 5.92 Å². The molecule has 1 aromatic carbocycles. The predicted octanol–water partition coefficient (Wildman–Crippen LogP) is 3.38. The molecule has 1 amide bonds. The maximum Gasteiger partial charge on any atom is 0.254 e. The van der Waals surface area contributed by atoms with Gasteiger partial charge in [0.25, 0.3) is 5.91 Å². The minimum atomic E-state index is 0. The van der Waals surface area contributed by atoms with Crippen LogP contribution in [0.3, 0.4) is 0 Å². The first-order chi connectivity index (χ1) is 13.1. The molecule has 1 aliphatic heterocycles. The molecule has 28 heavy (non-hydrogen) atoms. The fraction of sp³-hybridized carbons (Fsp3) is 0.667. The molecule has 160 valence electrons. The van der Waals surface area contributed by atoms with Gasteiger partial charge in [-0.05, 0) is 43.5 Å². The molecule has 0 aromatic heterocycles. The molecule has 7 heteroatoms. The molecular weight excluding hydrogens is 380 g/mol. The SMILES string of the molecule is COCCCOc1cc(C(=O)N(CC(C)C)[C@@H]2CCCNC2)ccc1OC.Cl. The molecule has 0 radical (unpaired) electrons. The molecule has 2 rings (SSSR count). The van der Waals surface area contributed by atoms with Crippen molar-refractivity contribution in [1.82, 2.24) is 10.2 Å². The van der Waals surface area contributed by atoms with E-state index < -0.39 is 0 Å². The van der Waals surface area contributed by atoms with Gasteiger partial charge in [-0.1, -0.05) is 13.8 Å². The number of carbonyl (C=O) groups is 1. The standard InChI is InChI=1S/C21H34N2O4.ClH/c1-16(2)15-23(18-7-5-10-22-14-18)21(24)17-8-9-19(26-4)20(13-17)27-12-6-11-25-3;/h8-9,13,16,18,22H,5-7,10-12,14-15H2,1-4H3;1H/t18-;/m1./s1. The molecule has 0 aliphatic carbocycles. The van der Waals surface area contributed by atoms with Crippen LogP contribution in [0.25, 0.3) is 0 Å². The maximum absolute atomic E-state index is 13.3. The van der Waals surface area contributed by atoms with Crippen molar-refractivity contribution < 1.29 is 19.0 Å². The van der Waals surface area contributed by atoms with Gasteiger partial charge in [0.05, 0.1) is 13.7 Å². The smallest absolute Gasteiger partial charge is 0.254 e. The van der Waals surface area contributed by atoms with Gasteiger partial charge in [-0.3, -0.25) is 4.79 Å². The summed E-state index contributed by atoms with van der Waals surface area (Å²) >= 11 is 0. The third kappa shape index (κ3) is 7.15. The largest absolute Gasteiger partial charge is 0.493 e. The zero-order valence-corrected chi connectivity index (χ0v) is 18.3. The number of hydrogen-bond acceptors (Lipinski definition) is 5. The maximum atomic E-state index is 13.3. The van der Waals surface area contributed by atoms with Gasteiger partial charge in [0.1, 0.15) is 0 Å². The van der Waals surface area contributed by atoms with Crippen LogP contribution < -0.4 is 14.8 Å². The van der Waals surface area contributed by atoms with Gasteiger partial charge in [-0.15, -0.1) is 12.4 Å². The molecule has 0 bridgehead atoms. The van der Waals surface area contributed by atoms with Gasteiger partial charge < -0.3 is 24.4 Å². The molecule has 1 heterocycles. The predicted molar refractivity (Wildman–Crippen MR) is 114 cm³/mol. The van der Waals surface area contributed by atoms with E-state index in [9.17, 15) is 4.79 Å². The van der Waals surface area contributed by atoms with Crippen molar-refractivity contribution in [2.45, 2.75) is 39.2 Å². The van der Waals surface area contributed by atoms with Crippen LogP contribution in [0.4, 0.5) is 0 Å². The lowest BCUT2D eigenvalue weighted by atomic mass is 10.0. The molecule has 0 spiro atoms. The summed E-state index contributed by atoms with van der Waals surface area (Å²) in [7, 11) is 3.28. The van der Waals surface area contributed by atoms with E-state index in [1.807, 2.05) is 17.0 Å². The van der Waals surface area contributed by atoms with E-state index in [0.717, 1.165) is 38.9 Å². The van der Waals surface area contributed by atoms with Gasteiger partial charge in [-0.25, -0.2) is 0 Å². The molecule has 1 aliphatic rings. The Labute approximate surface area is 175 Å². The van der Waals surface area contributed by atoms with E-state index in [1.165, 1.54) is 0 Å². The Morgan fingerprint density at radius 2 is 2.04 bits per heavy atom. The Balaban J connectivity index is 0.00000392. The van der Waals surface area contributed by atoms with Gasteiger partial charge in [0.15, 0.2) is 11.5 Å². The Bertz CT molecular complexity index is 592. The highest BCUT2D eigenvalue weighted by Crippen LogP contribution is 2.29. The summed E-state index contributed by atoms with van der Waals surface area (Å²) < 4.78 is 16.3. The lowest BCUT2D eigenvalue weighted by molar-refractivity contribution is 0.0619. The summed E-state index contributed by atoms with van der Waals surface area (Å²) in [4.78, 5) is 15.3. The summed E-state index contributed by atoms with van der Waals surface area (Å²) in [6.45, 7) is 8.09. The van der Waals surface area contributed by atoms with E-state index >= 15 is 0 Å². The van der Waals surface area contributed by atoms with Gasteiger partial charge in [-0.2, -0.15) is 0 Å². The Kier molecular flexibility index (Phi) is 11.3. The molecule has 1 saturated heterocycles. The number of nitrogens with zero attached hydrogens (tertiary/aromatic N) is 1. The number of benzene rings is 1. The van der Waals surface area contributed by atoms with Crippen LogP contribution in [-0.2, 0) is 4.74 Å². The number of rotatable bonds is 10. The van der Waals surface area contributed by atoms with Crippen LogP contribution >= 0.6 is 12.4 Å². The van der Waals surface area contributed by atoms with Crippen LogP contribution in [-0.4, -0.2) is 63.9 Å². The van der Waals surface area contributed by atoms with E-state index in [0.29, 0.717) is 36.2 Å². The first-order valence-corrected chi connectivity index (χ1v) is 9.88. The molecular formula is C21H35ClN2O4. The molecule has 1 fully saturated rings. The molecule has 0 unspecified atom stereocenters. The first-order valence-electron chi connectivity index (χ1n) is 9.88. The van der Waals surface area contributed by atoms with Crippen LogP contribution in [0.2, 0.25) is 0 Å². The molecule has 0 saturated carbocycles.